The quantitative estimate of drug-likeness (QED) is 0.572. The Morgan fingerprint density at radius 3 is 2.59 bits per heavy atom. The van der Waals surface area contributed by atoms with Gasteiger partial charge in [-0.3, -0.25) is 4.79 Å². The first-order valence-corrected chi connectivity index (χ1v) is 9.06. The summed E-state index contributed by atoms with van der Waals surface area (Å²) in [5, 5.41) is 2.54. The lowest BCUT2D eigenvalue weighted by molar-refractivity contribution is -0.117. The van der Waals surface area contributed by atoms with Crippen molar-refractivity contribution in [2.45, 2.75) is 12.8 Å². The van der Waals surface area contributed by atoms with Gasteiger partial charge in [-0.05, 0) is 30.3 Å². The number of carbonyl (C=O) groups excluding carboxylic acids is 1. The predicted molar refractivity (Wildman–Crippen MR) is 101 cm³/mol. The fourth-order valence-electron chi connectivity index (χ4n) is 2.63. The molecule has 3 rings (SSSR count). The highest BCUT2D eigenvalue weighted by atomic mass is 32.1. The van der Waals surface area contributed by atoms with Gasteiger partial charge < -0.3 is 14.2 Å². The van der Waals surface area contributed by atoms with Gasteiger partial charge >= 0.3 is 0 Å². The van der Waals surface area contributed by atoms with E-state index in [0.717, 1.165) is 5.01 Å². The van der Waals surface area contributed by atoms with Crippen LogP contribution in [-0.4, -0.2) is 25.0 Å². The number of halogens is 1. The Labute approximate surface area is 160 Å². The number of methoxy groups -OCH3 is 2. The van der Waals surface area contributed by atoms with Crippen molar-refractivity contribution >= 4 is 17.1 Å². The van der Waals surface area contributed by atoms with Crippen LogP contribution >= 0.6 is 11.3 Å². The van der Waals surface area contributed by atoms with Gasteiger partial charge in [0.15, 0.2) is 11.5 Å². The van der Waals surface area contributed by atoms with Crippen molar-refractivity contribution in [3.8, 4) is 23.0 Å². The van der Waals surface area contributed by atoms with Gasteiger partial charge in [0.25, 0.3) is 0 Å². The molecule has 0 aliphatic heterocycles. The number of thiazole rings is 1. The Kier molecular flexibility index (Phi) is 6.03. The molecule has 0 N–H and O–H groups in total. The molecule has 0 aliphatic rings. The number of aromatic nitrogens is 1. The van der Waals surface area contributed by atoms with Crippen LogP contribution in [0.4, 0.5) is 4.39 Å². The Balaban J connectivity index is 1.85. The van der Waals surface area contributed by atoms with Gasteiger partial charge in [-0.1, -0.05) is 6.07 Å². The van der Waals surface area contributed by atoms with E-state index in [4.69, 9.17) is 14.2 Å². The van der Waals surface area contributed by atoms with E-state index >= 15 is 0 Å². The SMILES string of the molecule is COc1cccc(Oc2ccc(F)cc2CC(=O)Cc2nccs2)c1OC. The summed E-state index contributed by atoms with van der Waals surface area (Å²) in [7, 11) is 3.04. The molecular weight excluding hydrogens is 369 g/mol. The topological polar surface area (TPSA) is 57.7 Å². The van der Waals surface area contributed by atoms with Crippen LogP contribution in [0.15, 0.2) is 48.0 Å². The van der Waals surface area contributed by atoms with Crippen LogP contribution < -0.4 is 14.2 Å². The number of nitrogens with zero attached hydrogens (tertiary/aromatic N) is 1. The lowest BCUT2D eigenvalue weighted by Gasteiger charge is -2.15. The highest BCUT2D eigenvalue weighted by Crippen LogP contribution is 2.40. The highest BCUT2D eigenvalue weighted by Gasteiger charge is 2.16. The fraction of sp³-hybridized carbons (Fsp3) is 0.200. The second-order valence-electron chi connectivity index (χ2n) is 5.66. The number of Topliss-reactive ketones (excluding diaryl/α,β-unsaturated/α-hetero) is 1. The van der Waals surface area contributed by atoms with E-state index in [1.54, 1.807) is 24.4 Å². The standard InChI is InChI=1S/C20H18FNO4S/c1-24-17-4-3-5-18(20(17)25-2)26-16-7-6-14(21)10-13(16)11-15(23)12-19-22-8-9-27-19/h3-10H,11-12H2,1-2H3. The van der Waals surface area contributed by atoms with Crippen LogP contribution in [0.25, 0.3) is 0 Å². The number of para-hydroxylation sites is 1. The average Bonchev–Trinajstić information content (AvgIpc) is 3.16. The molecule has 0 unspecified atom stereocenters. The first-order valence-electron chi connectivity index (χ1n) is 8.18. The molecule has 1 heterocycles. The number of carbonyl (C=O) groups is 1. The van der Waals surface area contributed by atoms with Crippen molar-refractivity contribution < 1.29 is 23.4 Å². The Morgan fingerprint density at radius 1 is 1.07 bits per heavy atom. The monoisotopic (exact) mass is 387 g/mol. The normalized spacial score (nSPS) is 10.5. The Hall–Kier alpha value is -2.93. The number of ketones is 1. The van der Waals surface area contributed by atoms with Crippen molar-refractivity contribution in [3.63, 3.8) is 0 Å². The smallest absolute Gasteiger partial charge is 0.203 e. The summed E-state index contributed by atoms with van der Waals surface area (Å²) in [4.78, 5) is 16.5. The lowest BCUT2D eigenvalue weighted by Crippen LogP contribution is -2.08. The number of rotatable bonds is 8. The fourth-order valence-corrected chi connectivity index (χ4v) is 3.27. The summed E-state index contributed by atoms with van der Waals surface area (Å²) in [5.41, 5.74) is 0.460. The van der Waals surface area contributed by atoms with Gasteiger partial charge in [-0.15, -0.1) is 11.3 Å². The molecule has 1 aromatic heterocycles. The van der Waals surface area contributed by atoms with Crippen LogP contribution in [0.5, 0.6) is 23.0 Å². The van der Waals surface area contributed by atoms with E-state index in [9.17, 15) is 9.18 Å². The van der Waals surface area contributed by atoms with E-state index < -0.39 is 5.82 Å². The minimum Gasteiger partial charge on any atom is -0.493 e. The molecule has 140 valence electrons. The van der Waals surface area contributed by atoms with Crippen LogP contribution in [0.2, 0.25) is 0 Å². The predicted octanol–water partition coefficient (Wildman–Crippen LogP) is 4.45. The first kappa shape index (κ1) is 18.8. The van der Waals surface area contributed by atoms with Crippen LogP contribution in [0.1, 0.15) is 10.6 Å². The molecule has 0 spiro atoms. The number of ether oxygens (including phenoxy) is 3. The van der Waals surface area contributed by atoms with Crippen molar-refractivity contribution in [3.05, 3.63) is 64.4 Å². The molecule has 0 aliphatic carbocycles. The van der Waals surface area contributed by atoms with E-state index in [-0.39, 0.29) is 18.6 Å². The van der Waals surface area contributed by atoms with E-state index in [1.165, 1.54) is 43.8 Å². The third kappa shape index (κ3) is 4.62. The molecule has 0 saturated carbocycles. The maximum Gasteiger partial charge on any atom is 0.203 e. The molecule has 7 heteroatoms. The van der Waals surface area contributed by atoms with E-state index in [1.807, 2.05) is 5.38 Å². The molecule has 2 aromatic carbocycles. The van der Waals surface area contributed by atoms with Crippen LogP contribution in [0.3, 0.4) is 0 Å². The third-order valence-corrected chi connectivity index (χ3v) is 4.61. The molecule has 3 aromatic rings. The van der Waals surface area contributed by atoms with Crippen LogP contribution in [-0.2, 0) is 17.6 Å². The molecule has 0 amide bonds. The van der Waals surface area contributed by atoms with Gasteiger partial charge in [-0.25, -0.2) is 9.37 Å². The summed E-state index contributed by atoms with van der Waals surface area (Å²) >= 11 is 1.41. The molecule has 27 heavy (non-hydrogen) atoms. The van der Waals surface area contributed by atoms with Crippen molar-refractivity contribution in [2.75, 3.05) is 14.2 Å². The second kappa shape index (κ2) is 8.64. The van der Waals surface area contributed by atoms with Gasteiger partial charge in [0.2, 0.25) is 5.75 Å². The lowest BCUT2D eigenvalue weighted by atomic mass is 10.1. The molecule has 0 bridgehead atoms. The maximum atomic E-state index is 13.8. The zero-order valence-electron chi connectivity index (χ0n) is 14.9. The third-order valence-electron chi connectivity index (χ3n) is 3.83. The molecule has 0 fully saturated rings. The average molecular weight is 387 g/mol. The van der Waals surface area contributed by atoms with E-state index in [2.05, 4.69) is 4.98 Å². The maximum absolute atomic E-state index is 13.8. The van der Waals surface area contributed by atoms with Crippen molar-refractivity contribution in [2.24, 2.45) is 0 Å². The summed E-state index contributed by atoms with van der Waals surface area (Å²) in [5.74, 6) is 1.23. The van der Waals surface area contributed by atoms with Gasteiger partial charge in [0.05, 0.1) is 25.6 Å². The highest BCUT2D eigenvalue weighted by molar-refractivity contribution is 7.09. The summed E-state index contributed by atoms with van der Waals surface area (Å²) in [6, 6.07) is 9.31. The van der Waals surface area contributed by atoms with Crippen molar-refractivity contribution in [1.29, 1.82) is 0 Å². The van der Waals surface area contributed by atoms with Crippen LogP contribution in [0, 0.1) is 5.82 Å². The molecule has 0 saturated heterocycles. The first-order chi connectivity index (χ1) is 13.1. The summed E-state index contributed by atoms with van der Waals surface area (Å²) in [6.45, 7) is 0. The zero-order chi connectivity index (χ0) is 19.2. The minimum absolute atomic E-state index is 0.0406. The number of hydrogen-bond acceptors (Lipinski definition) is 6. The van der Waals surface area contributed by atoms with Crippen molar-refractivity contribution in [1.82, 2.24) is 4.98 Å². The largest absolute Gasteiger partial charge is 0.493 e. The zero-order valence-corrected chi connectivity index (χ0v) is 15.7. The molecule has 5 nitrogen and oxygen atoms in total. The Morgan fingerprint density at radius 2 is 1.89 bits per heavy atom. The summed E-state index contributed by atoms with van der Waals surface area (Å²) in [6.07, 6.45) is 1.90. The number of hydrogen-bond donors (Lipinski definition) is 0. The number of benzene rings is 2. The van der Waals surface area contributed by atoms with Gasteiger partial charge in [0, 0.05) is 23.6 Å². The minimum atomic E-state index is -0.433. The molecular formula is C20H18FNO4S. The second-order valence-corrected chi connectivity index (χ2v) is 6.64. The van der Waals surface area contributed by atoms with Gasteiger partial charge in [-0.2, -0.15) is 0 Å². The summed E-state index contributed by atoms with van der Waals surface area (Å²) < 4.78 is 30.3. The molecule has 0 atom stereocenters. The van der Waals surface area contributed by atoms with E-state index in [0.29, 0.717) is 28.6 Å². The van der Waals surface area contributed by atoms with Gasteiger partial charge in [0.1, 0.15) is 17.3 Å². The molecule has 0 radical (unpaired) electrons. The Bertz CT molecular complexity index is 928.